The third-order valence-corrected chi connectivity index (χ3v) is 2.70. The molecule has 15 heavy (non-hydrogen) atoms. The molecular weight excluding hydrogens is 194 g/mol. The van der Waals surface area contributed by atoms with E-state index in [0.29, 0.717) is 11.8 Å². The van der Waals surface area contributed by atoms with Gasteiger partial charge >= 0.3 is 0 Å². The highest BCUT2D eigenvalue weighted by atomic mass is 16.5. The van der Waals surface area contributed by atoms with Gasteiger partial charge in [0.05, 0.1) is 12.1 Å². The fourth-order valence-corrected chi connectivity index (χ4v) is 1.69. The third kappa shape index (κ3) is 2.18. The van der Waals surface area contributed by atoms with E-state index in [1.807, 2.05) is 0 Å². The Balaban J connectivity index is 2.04. The van der Waals surface area contributed by atoms with E-state index in [-0.39, 0.29) is 12.1 Å². The lowest BCUT2D eigenvalue weighted by Gasteiger charge is -2.04. The smallest absolute Gasteiger partial charge is 0.243 e. The van der Waals surface area contributed by atoms with Crippen LogP contribution in [0.25, 0.3) is 0 Å². The minimum atomic E-state index is 0.148. The van der Waals surface area contributed by atoms with E-state index in [4.69, 9.17) is 9.26 Å². The van der Waals surface area contributed by atoms with Crippen LogP contribution in [0.5, 0.6) is 0 Å². The van der Waals surface area contributed by atoms with Crippen molar-refractivity contribution < 1.29 is 9.26 Å². The molecule has 1 aliphatic heterocycles. The van der Waals surface area contributed by atoms with Gasteiger partial charge in [0.2, 0.25) is 5.89 Å². The lowest BCUT2D eigenvalue weighted by Crippen LogP contribution is -2.16. The molecule has 5 heteroatoms. The topological polar surface area (TPSA) is 60.2 Å². The molecule has 2 heterocycles. The third-order valence-electron chi connectivity index (χ3n) is 2.70. The minimum absolute atomic E-state index is 0.148. The van der Waals surface area contributed by atoms with Crippen LogP contribution < -0.4 is 5.32 Å². The zero-order valence-electron chi connectivity index (χ0n) is 9.36. The molecule has 2 atom stereocenters. The number of hydrogen-bond donors (Lipinski definition) is 1. The summed E-state index contributed by atoms with van der Waals surface area (Å²) in [6.45, 7) is 4.95. The van der Waals surface area contributed by atoms with Crippen molar-refractivity contribution in [1.29, 1.82) is 0 Å². The second-order valence-corrected chi connectivity index (χ2v) is 4.20. The molecule has 2 rings (SSSR count). The van der Waals surface area contributed by atoms with Crippen LogP contribution >= 0.6 is 0 Å². The summed E-state index contributed by atoms with van der Waals surface area (Å²) in [5.74, 6) is 1.76. The molecule has 0 amide bonds. The molecule has 0 saturated carbocycles. The Morgan fingerprint density at radius 2 is 2.33 bits per heavy atom. The van der Waals surface area contributed by atoms with E-state index in [1.54, 1.807) is 7.11 Å². The van der Waals surface area contributed by atoms with Crippen LogP contribution in [0.2, 0.25) is 0 Å². The van der Waals surface area contributed by atoms with E-state index in [2.05, 4.69) is 29.3 Å². The quantitative estimate of drug-likeness (QED) is 0.815. The highest BCUT2D eigenvalue weighted by molar-refractivity contribution is 4.99. The van der Waals surface area contributed by atoms with Crippen molar-refractivity contribution in [1.82, 2.24) is 15.5 Å². The molecule has 0 radical (unpaired) electrons. The Labute approximate surface area is 89.2 Å². The van der Waals surface area contributed by atoms with Gasteiger partial charge in [-0.05, 0) is 6.42 Å². The highest BCUT2D eigenvalue weighted by Gasteiger charge is 2.29. The predicted molar refractivity (Wildman–Crippen MR) is 54.5 cm³/mol. The van der Waals surface area contributed by atoms with Crippen LogP contribution in [0, 0.1) is 0 Å². The fraction of sp³-hybridized carbons (Fsp3) is 0.800. The normalized spacial score (nSPS) is 26.4. The lowest BCUT2D eigenvalue weighted by molar-refractivity contribution is 0.116. The van der Waals surface area contributed by atoms with Gasteiger partial charge < -0.3 is 14.6 Å². The average molecular weight is 211 g/mol. The molecule has 1 saturated heterocycles. The molecule has 0 bridgehead atoms. The zero-order valence-corrected chi connectivity index (χ0v) is 9.36. The van der Waals surface area contributed by atoms with Gasteiger partial charge in [0.25, 0.3) is 0 Å². The molecule has 1 N–H and O–H groups in total. The van der Waals surface area contributed by atoms with Gasteiger partial charge in [-0.25, -0.2) is 0 Å². The zero-order chi connectivity index (χ0) is 10.8. The number of hydrogen-bond acceptors (Lipinski definition) is 5. The molecule has 84 valence electrons. The Morgan fingerprint density at radius 3 is 2.87 bits per heavy atom. The Bertz CT molecular complexity index is 324. The van der Waals surface area contributed by atoms with Crippen LogP contribution in [0.1, 0.15) is 43.9 Å². The van der Waals surface area contributed by atoms with Gasteiger partial charge in [-0.3, -0.25) is 0 Å². The molecule has 1 aliphatic rings. The van der Waals surface area contributed by atoms with E-state index in [0.717, 1.165) is 18.8 Å². The highest BCUT2D eigenvalue weighted by Crippen LogP contribution is 2.24. The van der Waals surface area contributed by atoms with Gasteiger partial charge in [0.1, 0.15) is 0 Å². The molecule has 1 fully saturated rings. The number of rotatable bonds is 3. The first kappa shape index (κ1) is 10.6. The number of nitrogens with one attached hydrogen (secondary N) is 1. The fourth-order valence-electron chi connectivity index (χ4n) is 1.69. The molecule has 1 aromatic heterocycles. The monoisotopic (exact) mass is 211 g/mol. The SMILES string of the molecule is COC1CNC(c2nc(C(C)C)no2)C1. The minimum Gasteiger partial charge on any atom is -0.380 e. The summed E-state index contributed by atoms with van der Waals surface area (Å²) in [6.07, 6.45) is 1.15. The average Bonchev–Trinajstić information content (AvgIpc) is 2.86. The molecule has 0 aliphatic carbocycles. The van der Waals surface area contributed by atoms with Crippen molar-refractivity contribution in [3.05, 3.63) is 11.7 Å². The van der Waals surface area contributed by atoms with Crippen molar-refractivity contribution in [3.8, 4) is 0 Å². The summed E-state index contributed by atoms with van der Waals surface area (Å²) in [7, 11) is 1.72. The first-order valence-corrected chi connectivity index (χ1v) is 5.30. The molecule has 0 spiro atoms. The molecular formula is C10H17N3O2. The molecule has 2 unspecified atom stereocenters. The first-order valence-electron chi connectivity index (χ1n) is 5.30. The summed E-state index contributed by atoms with van der Waals surface area (Å²) >= 11 is 0. The lowest BCUT2D eigenvalue weighted by atomic mass is 10.2. The number of aromatic nitrogens is 2. The standard InChI is InChI=1S/C10H17N3O2/c1-6(2)9-12-10(15-13-9)8-4-7(14-3)5-11-8/h6-8,11H,4-5H2,1-3H3. The van der Waals surface area contributed by atoms with Crippen LogP contribution in [0.15, 0.2) is 4.52 Å². The van der Waals surface area contributed by atoms with Crippen LogP contribution in [0.4, 0.5) is 0 Å². The van der Waals surface area contributed by atoms with Crippen LogP contribution in [-0.4, -0.2) is 29.9 Å². The maximum atomic E-state index is 5.26. The van der Waals surface area contributed by atoms with Crippen molar-refractivity contribution >= 4 is 0 Å². The largest absolute Gasteiger partial charge is 0.380 e. The number of nitrogens with zero attached hydrogens (tertiary/aromatic N) is 2. The van der Waals surface area contributed by atoms with E-state index in [1.165, 1.54) is 0 Å². The molecule has 1 aromatic rings. The van der Waals surface area contributed by atoms with Crippen LogP contribution in [-0.2, 0) is 4.74 Å². The molecule has 5 nitrogen and oxygen atoms in total. The summed E-state index contributed by atoms with van der Waals surface area (Å²) < 4.78 is 10.5. The van der Waals surface area contributed by atoms with Crippen molar-refractivity contribution in [2.45, 2.75) is 38.3 Å². The van der Waals surface area contributed by atoms with E-state index >= 15 is 0 Å². The van der Waals surface area contributed by atoms with Crippen molar-refractivity contribution in [3.63, 3.8) is 0 Å². The second kappa shape index (κ2) is 4.28. The number of methoxy groups -OCH3 is 1. The van der Waals surface area contributed by atoms with Gasteiger partial charge in [-0.2, -0.15) is 4.98 Å². The summed E-state index contributed by atoms with van der Waals surface area (Å²) in [5, 5.41) is 7.25. The summed E-state index contributed by atoms with van der Waals surface area (Å²) in [5.41, 5.74) is 0. The Hall–Kier alpha value is -0.940. The van der Waals surface area contributed by atoms with E-state index < -0.39 is 0 Å². The predicted octanol–water partition coefficient (Wildman–Crippen LogP) is 1.24. The second-order valence-electron chi connectivity index (χ2n) is 4.20. The Morgan fingerprint density at radius 1 is 1.53 bits per heavy atom. The van der Waals surface area contributed by atoms with E-state index in [9.17, 15) is 0 Å². The number of ether oxygens (including phenoxy) is 1. The summed E-state index contributed by atoms with van der Waals surface area (Å²) in [6, 6.07) is 0.148. The van der Waals surface area contributed by atoms with Crippen LogP contribution in [0.3, 0.4) is 0 Å². The first-order chi connectivity index (χ1) is 7.20. The maximum absolute atomic E-state index is 5.26. The van der Waals surface area contributed by atoms with Gasteiger partial charge in [0, 0.05) is 19.6 Å². The van der Waals surface area contributed by atoms with Gasteiger partial charge in [-0.1, -0.05) is 19.0 Å². The van der Waals surface area contributed by atoms with Gasteiger partial charge in [-0.15, -0.1) is 0 Å². The maximum Gasteiger partial charge on any atom is 0.243 e. The van der Waals surface area contributed by atoms with Crippen molar-refractivity contribution in [2.24, 2.45) is 0 Å². The Kier molecular flexibility index (Phi) is 3.02. The van der Waals surface area contributed by atoms with Gasteiger partial charge in [0.15, 0.2) is 5.82 Å². The summed E-state index contributed by atoms with van der Waals surface area (Å²) in [4.78, 5) is 4.36. The van der Waals surface area contributed by atoms with Crippen molar-refractivity contribution in [2.75, 3.05) is 13.7 Å². The molecule has 0 aromatic carbocycles.